The first kappa shape index (κ1) is 18.1. The number of carbonyl (C=O) groups is 2. The lowest BCUT2D eigenvalue weighted by Crippen LogP contribution is -2.40. The molecule has 0 aliphatic carbocycles. The Morgan fingerprint density at radius 1 is 1.08 bits per heavy atom. The first-order valence-electron chi connectivity index (χ1n) is 9.02. The highest BCUT2D eigenvalue weighted by Gasteiger charge is 2.21. The number of rotatable bonds is 5. The van der Waals surface area contributed by atoms with E-state index in [1.807, 2.05) is 43.3 Å². The normalized spacial score (nSPS) is 15.3. The maximum Gasteiger partial charge on any atom is 0.254 e. The second-order valence-corrected chi connectivity index (χ2v) is 6.35. The third-order valence-corrected chi connectivity index (χ3v) is 4.60. The molecule has 2 aromatic carbocycles. The smallest absolute Gasteiger partial charge is 0.254 e. The summed E-state index contributed by atoms with van der Waals surface area (Å²) in [5.41, 5.74) is 2.22. The third-order valence-electron chi connectivity index (χ3n) is 4.60. The van der Waals surface area contributed by atoms with E-state index in [-0.39, 0.29) is 17.7 Å². The summed E-state index contributed by atoms with van der Waals surface area (Å²) >= 11 is 0. The van der Waals surface area contributed by atoms with E-state index in [2.05, 4.69) is 5.32 Å². The SMILES string of the molecule is CCC(C(=O)Nc1cccc(C(=O)N2CCOCC2)c1)c1ccccc1. The molecule has 2 amide bonds. The number of nitrogens with zero attached hydrogens (tertiary/aromatic N) is 1. The number of carbonyl (C=O) groups excluding carboxylic acids is 2. The quantitative estimate of drug-likeness (QED) is 0.898. The molecule has 0 bridgehead atoms. The van der Waals surface area contributed by atoms with Crippen LogP contribution in [0.1, 0.15) is 35.2 Å². The van der Waals surface area contributed by atoms with Crippen LogP contribution in [0.15, 0.2) is 54.6 Å². The number of nitrogens with one attached hydrogen (secondary N) is 1. The number of benzene rings is 2. The van der Waals surface area contributed by atoms with Gasteiger partial charge in [-0.05, 0) is 30.2 Å². The lowest BCUT2D eigenvalue weighted by atomic mass is 9.95. The molecule has 1 aliphatic heterocycles. The van der Waals surface area contributed by atoms with Gasteiger partial charge in [0.05, 0.1) is 19.1 Å². The van der Waals surface area contributed by atoms with E-state index in [1.165, 1.54) is 0 Å². The van der Waals surface area contributed by atoms with Crippen molar-refractivity contribution in [3.8, 4) is 0 Å². The Morgan fingerprint density at radius 3 is 2.50 bits per heavy atom. The molecule has 136 valence electrons. The minimum Gasteiger partial charge on any atom is -0.378 e. The van der Waals surface area contributed by atoms with Crippen LogP contribution in [0.2, 0.25) is 0 Å². The molecule has 0 saturated carbocycles. The third kappa shape index (κ3) is 4.29. The number of ether oxygens (including phenoxy) is 1. The summed E-state index contributed by atoms with van der Waals surface area (Å²) in [4.78, 5) is 27.1. The molecule has 0 aromatic heterocycles. The average Bonchev–Trinajstić information content (AvgIpc) is 2.69. The van der Waals surface area contributed by atoms with Gasteiger partial charge < -0.3 is 15.0 Å². The van der Waals surface area contributed by atoms with Crippen molar-refractivity contribution < 1.29 is 14.3 Å². The summed E-state index contributed by atoms with van der Waals surface area (Å²) in [6, 6.07) is 16.9. The minimum atomic E-state index is -0.213. The van der Waals surface area contributed by atoms with Crippen molar-refractivity contribution in [2.24, 2.45) is 0 Å². The fraction of sp³-hybridized carbons (Fsp3) is 0.333. The highest BCUT2D eigenvalue weighted by Crippen LogP contribution is 2.22. The van der Waals surface area contributed by atoms with Crippen molar-refractivity contribution in [2.75, 3.05) is 31.6 Å². The van der Waals surface area contributed by atoms with Crippen LogP contribution in [0.3, 0.4) is 0 Å². The lowest BCUT2D eigenvalue weighted by Gasteiger charge is -2.27. The van der Waals surface area contributed by atoms with E-state index in [0.29, 0.717) is 44.0 Å². The molecule has 5 heteroatoms. The Balaban J connectivity index is 1.71. The van der Waals surface area contributed by atoms with E-state index in [1.54, 1.807) is 23.1 Å². The van der Waals surface area contributed by atoms with Crippen LogP contribution in [0.5, 0.6) is 0 Å². The van der Waals surface area contributed by atoms with E-state index in [9.17, 15) is 9.59 Å². The fourth-order valence-corrected chi connectivity index (χ4v) is 3.17. The predicted molar refractivity (Wildman–Crippen MR) is 101 cm³/mol. The van der Waals surface area contributed by atoms with E-state index in [4.69, 9.17) is 4.74 Å². The van der Waals surface area contributed by atoms with Gasteiger partial charge in [-0.15, -0.1) is 0 Å². The van der Waals surface area contributed by atoms with Crippen molar-refractivity contribution >= 4 is 17.5 Å². The summed E-state index contributed by atoms with van der Waals surface area (Å²) in [6.45, 7) is 4.33. The molecular formula is C21H24N2O3. The van der Waals surface area contributed by atoms with Crippen LogP contribution in [0.4, 0.5) is 5.69 Å². The standard InChI is InChI=1S/C21H24N2O3/c1-2-19(16-7-4-3-5-8-16)20(24)22-18-10-6-9-17(15-18)21(25)23-11-13-26-14-12-23/h3-10,15,19H,2,11-14H2,1H3,(H,22,24). The molecule has 3 rings (SSSR count). The minimum absolute atomic E-state index is 0.0282. The highest BCUT2D eigenvalue weighted by atomic mass is 16.5. The lowest BCUT2D eigenvalue weighted by molar-refractivity contribution is -0.117. The summed E-state index contributed by atoms with van der Waals surface area (Å²) < 4.78 is 5.29. The van der Waals surface area contributed by atoms with Gasteiger partial charge in [0.25, 0.3) is 5.91 Å². The summed E-state index contributed by atoms with van der Waals surface area (Å²) in [5.74, 6) is -0.302. The van der Waals surface area contributed by atoms with Crippen molar-refractivity contribution in [3.63, 3.8) is 0 Å². The zero-order valence-corrected chi connectivity index (χ0v) is 15.0. The topological polar surface area (TPSA) is 58.6 Å². The average molecular weight is 352 g/mol. The molecule has 0 radical (unpaired) electrons. The molecule has 26 heavy (non-hydrogen) atoms. The summed E-state index contributed by atoms with van der Waals surface area (Å²) in [5, 5.41) is 2.96. The van der Waals surface area contributed by atoms with E-state index >= 15 is 0 Å². The van der Waals surface area contributed by atoms with Gasteiger partial charge in [-0.3, -0.25) is 9.59 Å². The Bertz CT molecular complexity index is 755. The second kappa shape index (κ2) is 8.63. The molecule has 1 heterocycles. The van der Waals surface area contributed by atoms with Crippen LogP contribution in [-0.4, -0.2) is 43.0 Å². The van der Waals surface area contributed by atoms with Gasteiger partial charge >= 0.3 is 0 Å². The first-order chi connectivity index (χ1) is 12.7. The number of anilines is 1. The van der Waals surface area contributed by atoms with Crippen LogP contribution in [0, 0.1) is 0 Å². The monoisotopic (exact) mass is 352 g/mol. The van der Waals surface area contributed by atoms with Gasteiger partial charge in [0.1, 0.15) is 0 Å². The number of hydrogen-bond acceptors (Lipinski definition) is 3. The fourth-order valence-electron chi connectivity index (χ4n) is 3.17. The molecule has 1 aliphatic rings. The molecule has 1 unspecified atom stereocenters. The Kier molecular flexibility index (Phi) is 6.02. The van der Waals surface area contributed by atoms with Crippen molar-refractivity contribution in [1.82, 2.24) is 4.90 Å². The molecule has 1 N–H and O–H groups in total. The van der Waals surface area contributed by atoms with Crippen molar-refractivity contribution in [2.45, 2.75) is 19.3 Å². The summed E-state index contributed by atoms with van der Waals surface area (Å²) in [6.07, 6.45) is 0.711. The predicted octanol–water partition coefficient (Wildman–Crippen LogP) is 3.29. The molecule has 1 fully saturated rings. The molecule has 2 aromatic rings. The summed E-state index contributed by atoms with van der Waals surface area (Å²) in [7, 11) is 0. The molecule has 5 nitrogen and oxygen atoms in total. The largest absolute Gasteiger partial charge is 0.378 e. The maximum absolute atomic E-state index is 12.7. The number of hydrogen-bond donors (Lipinski definition) is 1. The molecule has 1 saturated heterocycles. The van der Waals surface area contributed by atoms with Crippen molar-refractivity contribution in [3.05, 3.63) is 65.7 Å². The Morgan fingerprint density at radius 2 is 1.81 bits per heavy atom. The Labute approximate surface area is 154 Å². The van der Waals surface area contributed by atoms with Crippen LogP contribution >= 0.6 is 0 Å². The van der Waals surface area contributed by atoms with E-state index in [0.717, 1.165) is 5.56 Å². The number of morpholine rings is 1. The van der Waals surface area contributed by atoms with Gasteiger partial charge in [0.15, 0.2) is 0 Å². The van der Waals surface area contributed by atoms with Crippen molar-refractivity contribution in [1.29, 1.82) is 0 Å². The van der Waals surface area contributed by atoms with E-state index < -0.39 is 0 Å². The van der Waals surface area contributed by atoms with Gasteiger partial charge in [-0.25, -0.2) is 0 Å². The van der Waals surface area contributed by atoms with Crippen LogP contribution < -0.4 is 5.32 Å². The number of amides is 2. The highest BCUT2D eigenvalue weighted by molar-refractivity contribution is 5.99. The van der Waals surface area contributed by atoms with Gasteiger partial charge in [-0.2, -0.15) is 0 Å². The zero-order chi connectivity index (χ0) is 18.4. The van der Waals surface area contributed by atoms with Crippen LogP contribution in [-0.2, 0) is 9.53 Å². The zero-order valence-electron chi connectivity index (χ0n) is 15.0. The van der Waals surface area contributed by atoms with Gasteiger partial charge in [-0.1, -0.05) is 43.3 Å². The second-order valence-electron chi connectivity index (χ2n) is 6.35. The molecule has 0 spiro atoms. The Hall–Kier alpha value is -2.66. The van der Waals surface area contributed by atoms with Gasteiger partial charge in [0.2, 0.25) is 5.91 Å². The molecule has 1 atom stereocenters. The van der Waals surface area contributed by atoms with Gasteiger partial charge in [0, 0.05) is 24.3 Å². The maximum atomic E-state index is 12.7. The first-order valence-corrected chi connectivity index (χ1v) is 9.02. The van der Waals surface area contributed by atoms with Crippen LogP contribution in [0.25, 0.3) is 0 Å². The molecular weight excluding hydrogens is 328 g/mol.